The van der Waals surface area contributed by atoms with Gasteiger partial charge in [0, 0.05) is 26.2 Å². The number of hydrogen-bond donors (Lipinski definition) is 0. The lowest BCUT2D eigenvalue weighted by molar-refractivity contribution is 0.0872. The Morgan fingerprint density at radius 2 is 1.91 bits per heavy atom. The minimum atomic E-state index is 0.159. The van der Waals surface area contributed by atoms with Crippen LogP contribution in [0.15, 0.2) is 18.2 Å². The number of likely N-dealkylation sites (N-methyl/N-ethyl adjacent to an activating group) is 1. The highest BCUT2D eigenvalue weighted by molar-refractivity contribution is 6.00. The molecule has 0 unspecified atom stereocenters. The maximum atomic E-state index is 12.7. The minimum Gasteiger partial charge on any atom is -0.493 e. The number of hydrogen-bond acceptors (Lipinski definition) is 4. The number of piperazine rings is 1. The van der Waals surface area contributed by atoms with Crippen molar-refractivity contribution in [3.05, 3.63) is 29.3 Å². The van der Waals surface area contributed by atoms with Gasteiger partial charge >= 0.3 is 0 Å². The van der Waals surface area contributed by atoms with Crippen LogP contribution in [0.1, 0.15) is 29.8 Å². The summed E-state index contributed by atoms with van der Waals surface area (Å²) in [4.78, 5) is 17.2. The van der Waals surface area contributed by atoms with Crippen LogP contribution in [0, 0.1) is 12.8 Å². The van der Waals surface area contributed by atoms with Crippen molar-refractivity contribution in [3.63, 3.8) is 0 Å². The van der Waals surface area contributed by atoms with E-state index in [1.807, 2.05) is 25.1 Å². The van der Waals surface area contributed by atoms with Gasteiger partial charge in [0.25, 0.3) is 0 Å². The first kappa shape index (κ1) is 17.0. The van der Waals surface area contributed by atoms with E-state index in [0.717, 1.165) is 43.1 Å². The molecule has 0 amide bonds. The molecule has 0 aromatic heterocycles. The fourth-order valence-electron chi connectivity index (χ4n) is 2.54. The molecule has 1 aromatic rings. The van der Waals surface area contributed by atoms with Crippen molar-refractivity contribution in [3.8, 4) is 5.75 Å². The highest BCUT2D eigenvalue weighted by atomic mass is 16.5. The smallest absolute Gasteiger partial charge is 0.180 e. The van der Waals surface area contributed by atoms with Gasteiger partial charge in [-0.05, 0) is 32.0 Å². The number of ketones is 1. The van der Waals surface area contributed by atoms with Crippen molar-refractivity contribution < 1.29 is 9.53 Å². The summed E-state index contributed by atoms with van der Waals surface area (Å²) in [6.07, 6.45) is 0. The lowest BCUT2D eigenvalue weighted by Gasteiger charge is -2.31. The highest BCUT2D eigenvalue weighted by Crippen LogP contribution is 2.22. The van der Waals surface area contributed by atoms with Crippen molar-refractivity contribution >= 4 is 5.78 Å². The zero-order valence-electron chi connectivity index (χ0n) is 14.3. The normalized spacial score (nSPS) is 17.0. The molecule has 2 rings (SSSR count). The first-order valence-corrected chi connectivity index (χ1v) is 8.13. The first-order chi connectivity index (χ1) is 10.5. The molecule has 0 atom stereocenters. The number of ether oxygens (including phenoxy) is 1. The molecule has 0 N–H and O–H groups in total. The predicted molar refractivity (Wildman–Crippen MR) is 89.8 cm³/mol. The van der Waals surface area contributed by atoms with Crippen molar-refractivity contribution in [2.75, 3.05) is 46.4 Å². The maximum absolute atomic E-state index is 12.7. The third-order valence-electron chi connectivity index (χ3n) is 3.97. The van der Waals surface area contributed by atoms with E-state index in [0.29, 0.717) is 19.1 Å². The van der Waals surface area contributed by atoms with E-state index >= 15 is 0 Å². The van der Waals surface area contributed by atoms with Crippen molar-refractivity contribution in [1.82, 2.24) is 9.80 Å². The average molecular weight is 304 g/mol. The molecule has 1 heterocycles. The van der Waals surface area contributed by atoms with E-state index in [4.69, 9.17) is 4.74 Å². The van der Waals surface area contributed by atoms with Gasteiger partial charge in [-0.1, -0.05) is 25.5 Å². The standard InChI is InChI=1S/C18H28N2O2/c1-14(2)13-22-18-6-5-15(3)11-16(18)17(21)12-20-9-7-19(4)8-10-20/h5-6,11,14H,7-10,12-13H2,1-4H3. The van der Waals surface area contributed by atoms with Crippen LogP contribution in [-0.4, -0.2) is 62.0 Å². The van der Waals surface area contributed by atoms with Crippen molar-refractivity contribution in [1.29, 1.82) is 0 Å². The predicted octanol–water partition coefficient (Wildman–Crippen LogP) is 2.46. The molecular formula is C18H28N2O2. The number of benzene rings is 1. The van der Waals surface area contributed by atoms with Crippen LogP contribution in [0.4, 0.5) is 0 Å². The lowest BCUT2D eigenvalue weighted by atomic mass is 10.1. The maximum Gasteiger partial charge on any atom is 0.180 e. The molecule has 4 heteroatoms. The molecular weight excluding hydrogens is 276 g/mol. The van der Waals surface area contributed by atoms with Gasteiger partial charge in [0.1, 0.15) is 5.75 Å². The van der Waals surface area contributed by atoms with Gasteiger partial charge in [-0.2, -0.15) is 0 Å². The Morgan fingerprint density at radius 3 is 2.55 bits per heavy atom. The van der Waals surface area contributed by atoms with Crippen LogP contribution >= 0.6 is 0 Å². The zero-order chi connectivity index (χ0) is 16.1. The summed E-state index contributed by atoms with van der Waals surface area (Å²) in [6, 6.07) is 5.88. The zero-order valence-corrected chi connectivity index (χ0v) is 14.3. The van der Waals surface area contributed by atoms with Crippen LogP contribution in [0.2, 0.25) is 0 Å². The molecule has 0 bridgehead atoms. The molecule has 4 nitrogen and oxygen atoms in total. The Hall–Kier alpha value is -1.39. The average Bonchev–Trinajstić information content (AvgIpc) is 2.48. The second kappa shape index (κ2) is 7.75. The second-order valence-corrected chi connectivity index (χ2v) is 6.71. The number of carbonyl (C=O) groups excluding carboxylic acids is 1. The van der Waals surface area contributed by atoms with Crippen LogP contribution in [-0.2, 0) is 0 Å². The van der Waals surface area contributed by atoms with Crippen molar-refractivity contribution in [2.45, 2.75) is 20.8 Å². The van der Waals surface area contributed by atoms with Gasteiger partial charge in [-0.15, -0.1) is 0 Å². The minimum absolute atomic E-state index is 0.159. The Morgan fingerprint density at radius 1 is 1.23 bits per heavy atom. The number of nitrogens with zero attached hydrogens (tertiary/aromatic N) is 2. The summed E-state index contributed by atoms with van der Waals surface area (Å²) in [5.74, 6) is 1.33. The summed E-state index contributed by atoms with van der Waals surface area (Å²) in [5, 5.41) is 0. The molecule has 122 valence electrons. The molecule has 1 saturated heterocycles. The number of aryl methyl sites for hydroxylation is 1. The molecule has 1 aliphatic heterocycles. The number of carbonyl (C=O) groups is 1. The van der Waals surface area contributed by atoms with E-state index < -0.39 is 0 Å². The summed E-state index contributed by atoms with van der Waals surface area (Å²) in [6.45, 7) is 11.3. The molecule has 0 aliphatic carbocycles. The van der Waals surface area contributed by atoms with E-state index in [2.05, 4.69) is 30.7 Å². The number of rotatable bonds is 6. The Labute approximate surface area is 134 Å². The Balaban J connectivity index is 2.05. The second-order valence-electron chi connectivity index (χ2n) is 6.71. The third kappa shape index (κ3) is 4.82. The summed E-state index contributed by atoms with van der Waals surface area (Å²) < 4.78 is 5.83. The van der Waals surface area contributed by atoms with E-state index in [1.165, 1.54) is 0 Å². The topological polar surface area (TPSA) is 32.8 Å². The Bertz CT molecular complexity index is 506. The van der Waals surface area contributed by atoms with Crippen LogP contribution < -0.4 is 4.74 Å². The molecule has 0 saturated carbocycles. The van der Waals surface area contributed by atoms with Gasteiger partial charge in [0.2, 0.25) is 0 Å². The lowest BCUT2D eigenvalue weighted by Crippen LogP contribution is -2.46. The Kier molecular flexibility index (Phi) is 5.98. The van der Waals surface area contributed by atoms with Crippen LogP contribution in [0.25, 0.3) is 0 Å². The van der Waals surface area contributed by atoms with Crippen LogP contribution in [0.3, 0.4) is 0 Å². The highest BCUT2D eigenvalue weighted by Gasteiger charge is 2.20. The van der Waals surface area contributed by atoms with E-state index in [9.17, 15) is 4.79 Å². The summed E-state index contributed by atoms with van der Waals surface area (Å²) >= 11 is 0. The number of Topliss-reactive ketones (excluding diaryl/α,β-unsaturated/α-hetero) is 1. The largest absolute Gasteiger partial charge is 0.493 e. The van der Waals surface area contributed by atoms with Gasteiger partial charge < -0.3 is 9.64 Å². The quantitative estimate of drug-likeness (QED) is 0.756. The van der Waals surface area contributed by atoms with Gasteiger partial charge in [0.05, 0.1) is 18.7 Å². The molecule has 0 spiro atoms. The molecule has 1 aromatic carbocycles. The third-order valence-corrected chi connectivity index (χ3v) is 3.97. The van der Waals surface area contributed by atoms with Crippen molar-refractivity contribution in [2.24, 2.45) is 5.92 Å². The first-order valence-electron chi connectivity index (χ1n) is 8.13. The molecule has 0 radical (unpaired) electrons. The van der Waals surface area contributed by atoms with E-state index in [1.54, 1.807) is 0 Å². The van der Waals surface area contributed by atoms with Crippen LogP contribution in [0.5, 0.6) is 5.75 Å². The molecule has 22 heavy (non-hydrogen) atoms. The van der Waals surface area contributed by atoms with E-state index in [-0.39, 0.29) is 5.78 Å². The molecule has 1 fully saturated rings. The molecule has 1 aliphatic rings. The fourth-order valence-corrected chi connectivity index (χ4v) is 2.54. The monoisotopic (exact) mass is 304 g/mol. The van der Waals surface area contributed by atoms with Gasteiger partial charge in [-0.25, -0.2) is 0 Å². The fraction of sp³-hybridized carbons (Fsp3) is 0.611. The summed E-state index contributed by atoms with van der Waals surface area (Å²) in [7, 11) is 2.12. The van der Waals surface area contributed by atoms with Gasteiger partial charge in [-0.3, -0.25) is 9.69 Å². The summed E-state index contributed by atoms with van der Waals surface area (Å²) in [5.41, 5.74) is 1.82. The SMILES string of the molecule is Cc1ccc(OCC(C)C)c(C(=O)CN2CCN(C)CC2)c1. The van der Waals surface area contributed by atoms with Gasteiger partial charge in [0.15, 0.2) is 5.78 Å².